The topological polar surface area (TPSA) is 0 Å². The summed E-state index contributed by atoms with van der Waals surface area (Å²) in [5.41, 5.74) is 16.4. The van der Waals surface area contributed by atoms with E-state index in [9.17, 15) is 0 Å². The molecule has 4 aromatic heterocycles. The van der Waals surface area contributed by atoms with Crippen LogP contribution in [0.5, 0.6) is 0 Å². The Bertz CT molecular complexity index is 3460. The quantitative estimate of drug-likeness (QED) is 0.0952. The molecule has 0 spiro atoms. The molecule has 0 radical (unpaired) electrons. The van der Waals surface area contributed by atoms with Gasteiger partial charge in [0.15, 0.2) is 0 Å². The van der Waals surface area contributed by atoms with E-state index in [2.05, 4.69) is 297 Å². The molecule has 0 amide bonds. The smallest absolute Gasteiger partial charge is 0.0774 e. The van der Waals surface area contributed by atoms with Gasteiger partial charge in [0.25, 0.3) is 0 Å². The molecule has 9 heteroatoms. The van der Waals surface area contributed by atoms with Gasteiger partial charge in [0.2, 0.25) is 0 Å². The summed E-state index contributed by atoms with van der Waals surface area (Å²) in [5.74, 6) is 0. The monoisotopic (exact) mass is 1150 g/mol. The van der Waals surface area contributed by atoms with Crippen LogP contribution in [-0.2, 0) is 0 Å². The summed E-state index contributed by atoms with van der Waals surface area (Å²) >= 11 is 0. The number of hydrogen-bond acceptors (Lipinski definition) is 0. The van der Waals surface area contributed by atoms with Crippen LogP contribution in [0.15, 0.2) is 218 Å². The van der Waals surface area contributed by atoms with Crippen LogP contribution in [0.4, 0.5) is 0 Å². The first kappa shape index (κ1) is 55.3. The van der Waals surface area contributed by atoms with Gasteiger partial charge < -0.3 is 0 Å². The van der Waals surface area contributed by atoms with E-state index in [1.807, 2.05) is 0 Å². The van der Waals surface area contributed by atoms with Crippen molar-refractivity contribution in [3.8, 4) is 66.8 Å². The average molecular weight is 1150 g/mol. The molecule has 10 rings (SSSR count). The van der Waals surface area contributed by atoms with E-state index in [1.165, 1.54) is 99.5 Å². The molecule has 384 valence electrons. The Hall–Kier alpha value is -5.00. The summed E-state index contributed by atoms with van der Waals surface area (Å²) in [6, 6.07) is 83.6. The molecule has 6 aromatic carbocycles. The second-order valence-corrected chi connectivity index (χ2v) is 55.1. The molecule has 0 aliphatic carbocycles. The van der Waals surface area contributed by atoms with Gasteiger partial charge in [-0.25, -0.2) is 0 Å². The molecule has 0 unspecified atom stereocenters. The van der Waals surface area contributed by atoms with Crippen molar-refractivity contribution >= 4 is 112 Å². The van der Waals surface area contributed by atoms with Crippen molar-refractivity contribution < 1.29 is 0 Å². The van der Waals surface area contributed by atoms with Gasteiger partial charge in [0.05, 0.1) is 16.1 Å². The third-order valence-corrected chi connectivity index (χ3v) is 47.9. The summed E-state index contributed by atoms with van der Waals surface area (Å²) in [7, 11) is -5.32. The molecule has 0 saturated carbocycles. The van der Waals surface area contributed by atoms with Crippen molar-refractivity contribution in [3.05, 3.63) is 218 Å². The largest absolute Gasteiger partial charge is 0.125 e. The van der Waals surface area contributed by atoms with Crippen LogP contribution in [0, 0.1) is 0 Å². The minimum absolute atomic E-state index is 1.31. The Morgan fingerprint density at radius 2 is 0.403 bits per heavy atom. The maximum atomic E-state index is 2.73. The van der Waals surface area contributed by atoms with Crippen molar-refractivity contribution in [2.24, 2.45) is 0 Å². The van der Waals surface area contributed by atoms with Crippen molar-refractivity contribution in [3.63, 3.8) is 0 Å². The third kappa shape index (κ3) is 11.3. The predicted octanol–water partition coefficient (Wildman–Crippen LogP) is 17.6. The summed E-state index contributed by atoms with van der Waals surface area (Å²) in [6.07, 6.45) is 0. The Morgan fingerprint density at radius 1 is 0.208 bits per heavy atom. The molecule has 10 aromatic rings. The van der Waals surface area contributed by atoms with E-state index in [4.69, 9.17) is 0 Å². The van der Waals surface area contributed by atoms with Gasteiger partial charge in [-0.05, 0) is 118 Å². The normalized spacial score (nSPS) is 12.8. The Labute approximate surface area is 472 Å². The zero-order chi connectivity index (χ0) is 54.3. The first-order chi connectivity index (χ1) is 36.7. The maximum Gasteiger partial charge on any atom is 0.125 e. The number of rotatable bonds is 14. The molecule has 0 nitrogen and oxygen atoms in total. The zero-order valence-corrected chi connectivity index (χ0v) is 55.7. The lowest BCUT2D eigenvalue weighted by Crippen LogP contribution is -2.58. The summed E-state index contributed by atoms with van der Waals surface area (Å²) in [5, 5.41) is 0. The summed E-state index contributed by atoms with van der Waals surface area (Å²) in [4.78, 5) is 13.1. The van der Waals surface area contributed by atoms with E-state index in [0.29, 0.717) is 0 Å². The minimum Gasteiger partial charge on any atom is -0.0774 e. The van der Waals surface area contributed by atoms with Crippen LogP contribution in [0.2, 0.25) is 78.6 Å². The minimum atomic E-state index is -2.66. The summed E-state index contributed by atoms with van der Waals surface area (Å²) in [6.45, 7) is 31.4. The van der Waals surface area contributed by atoms with Crippen LogP contribution >= 0.6 is 32.8 Å². The first-order valence-electron chi connectivity index (χ1n) is 27.2. The van der Waals surface area contributed by atoms with Crippen molar-refractivity contribution in [1.29, 1.82) is 0 Å². The van der Waals surface area contributed by atoms with E-state index in [0.717, 1.165) is 0 Å². The summed E-state index contributed by atoms with van der Waals surface area (Å²) < 4.78 is 0. The van der Waals surface area contributed by atoms with Crippen molar-refractivity contribution in [2.75, 3.05) is 0 Å². The molecule has 0 bridgehead atoms. The van der Waals surface area contributed by atoms with Gasteiger partial charge in [-0.3, -0.25) is 0 Å². The molecule has 0 N–H and O–H groups in total. The molecule has 0 fully saturated rings. The molecule has 0 atom stereocenters. The van der Waals surface area contributed by atoms with E-state index >= 15 is 0 Å². The zero-order valence-electron chi connectivity index (χ0n) is 47.1. The highest BCUT2D eigenvalue weighted by molar-refractivity contribution is 7.60. The fourth-order valence-electron chi connectivity index (χ4n) is 11.0. The number of benzene rings is 6. The lowest BCUT2D eigenvalue weighted by Gasteiger charge is -2.36. The van der Waals surface area contributed by atoms with E-state index in [1.54, 1.807) is 39.3 Å². The standard InChI is InChI=1S/C68H72P4Si5/c1-73(2,3)61-45-43-55(49-31-19-13-20-32-49)63(69-61)75(7,8)65-57(51-35-23-15-24-36-51)47-59(53-39-27-17-28-40-53)67(71-65)77(11,12)68-60(54-41-29-18-30-42-54)48-58(52-37-25-16-26-38-52)66(72-68)76(9,10)64-56(50-33-21-14-22-34-50)44-46-62(70-64)74(4,5)6/h13-48H,1-12H3. The fraction of sp³-hybridized carbons (Fsp3) is 0.176. The van der Waals surface area contributed by atoms with Gasteiger partial charge >= 0.3 is 0 Å². The highest BCUT2D eigenvalue weighted by Crippen LogP contribution is 2.39. The molecule has 4 heterocycles. The second-order valence-electron chi connectivity index (χ2n) is 24.3. The van der Waals surface area contributed by atoms with Gasteiger partial charge in [-0.2, -0.15) is 0 Å². The molecular formula is C68H72P4Si5. The van der Waals surface area contributed by atoms with Gasteiger partial charge in [-0.1, -0.05) is 318 Å². The molecular weight excluding hydrogens is 1080 g/mol. The Morgan fingerprint density at radius 3 is 0.610 bits per heavy atom. The van der Waals surface area contributed by atoms with Crippen LogP contribution in [-0.4, -0.2) is 40.4 Å². The fourth-order valence-corrected chi connectivity index (χ4v) is 37.6. The van der Waals surface area contributed by atoms with E-state index < -0.39 is 40.4 Å². The van der Waals surface area contributed by atoms with Gasteiger partial charge in [0, 0.05) is 0 Å². The lowest BCUT2D eigenvalue weighted by molar-refractivity contribution is 1.63. The Kier molecular flexibility index (Phi) is 16.0. The SMILES string of the molecule is C[Si](C)(C)c1ccc(-c2ccccc2)c([Si](C)(C)c2pc([Si](C)(C)c3pc([Si](C)(C)c4pc([Si](C)(C)C)ccc4-c4ccccc4)c(-c4ccccc4)cc3-c3ccccc3)c(-c3ccccc3)cc2-c2ccccc2)p1. The number of hydrogen-bond donors (Lipinski definition) is 0. The second kappa shape index (κ2) is 22.3. The van der Waals surface area contributed by atoms with E-state index in [-0.39, 0.29) is 0 Å². The van der Waals surface area contributed by atoms with Crippen LogP contribution in [0.25, 0.3) is 66.8 Å². The molecule has 0 saturated heterocycles. The third-order valence-electron chi connectivity index (χ3n) is 15.4. The highest BCUT2D eigenvalue weighted by Gasteiger charge is 2.42. The molecule has 0 aliphatic heterocycles. The predicted molar refractivity (Wildman–Crippen MR) is 365 cm³/mol. The van der Waals surface area contributed by atoms with Crippen LogP contribution < -0.4 is 39.3 Å². The molecule has 0 aliphatic rings. The lowest BCUT2D eigenvalue weighted by atomic mass is 10.0. The van der Waals surface area contributed by atoms with Crippen LogP contribution in [0.3, 0.4) is 0 Å². The maximum absolute atomic E-state index is 2.73. The van der Waals surface area contributed by atoms with Crippen molar-refractivity contribution in [1.82, 2.24) is 0 Å². The van der Waals surface area contributed by atoms with Gasteiger partial charge in [-0.15, -0.1) is 0 Å². The van der Waals surface area contributed by atoms with Crippen molar-refractivity contribution in [2.45, 2.75) is 78.6 Å². The highest BCUT2D eigenvalue weighted by atomic mass is 31.1. The average Bonchev–Trinajstić information content (AvgIpc) is 3.56. The molecule has 77 heavy (non-hydrogen) atoms. The first-order valence-corrected chi connectivity index (χ1v) is 46.8. The van der Waals surface area contributed by atoms with Crippen LogP contribution in [0.1, 0.15) is 0 Å². The Balaban J connectivity index is 1.32. The van der Waals surface area contributed by atoms with Gasteiger partial charge in [0.1, 0.15) is 24.2 Å².